The number of thioether (sulfide) groups is 1. The number of rotatable bonds is 5. The predicted octanol–water partition coefficient (Wildman–Crippen LogP) is 4.43. The van der Waals surface area contributed by atoms with Crippen LogP contribution in [0, 0.1) is 0 Å². The van der Waals surface area contributed by atoms with Crippen LogP contribution in [-0.4, -0.2) is 44.0 Å². The van der Waals surface area contributed by atoms with Crippen molar-refractivity contribution in [3.05, 3.63) is 70.9 Å². The number of pyridine rings is 1. The molecule has 3 heterocycles. The summed E-state index contributed by atoms with van der Waals surface area (Å²) in [6.07, 6.45) is 8.75. The van der Waals surface area contributed by atoms with Crippen molar-refractivity contribution in [1.82, 2.24) is 14.8 Å². The molecule has 4 rings (SSSR count). The topological polar surface area (TPSA) is 53.5 Å². The Bertz CT molecular complexity index is 963. The molecule has 1 aromatic heterocycles. The lowest BCUT2D eigenvalue weighted by Gasteiger charge is -2.36. The van der Waals surface area contributed by atoms with Crippen molar-refractivity contribution in [2.75, 3.05) is 13.1 Å². The molecule has 0 saturated carbocycles. The molecule has 2 amide bonds. The second-order valence-corrected chi connectivity index (χ2v) is 9.05. The van der Waals surface area contributed by atoms with Gasteiger partial charge in [0.15, 0.2) is 0 Å². The van der Waals surface area contributed by atoms with Gasteiger partial charge < -0.3 is 4.90 Å². The van der Waals surface area contributed by atoms with Gasteiger partial charge >= 0.3 is 0 Å². The van der Waals surface area contributed by atoms with E-state index in [0.717, 1.165) is 36.9 Å². The molecule has 0 aliphatic carbocycles. The highest BCUT2D eigenvalue weighted by molar-refractivity contribution is 8.26. The summed E-state index contributed by atoms with van der Waals surface area (Å²) >= 11 is 6.71. The summed E-state index contributed by atoms with van der Waals surface area (Å²) in [5, 5.41) is 0. The summed E-state index contributed by atoms with van der Waals surface area (Å²) in [7, 11) is 0. The fraction of sp³-hybridized carbons (Fsp3) is 0.304. The molecule has 2 aromatic rings. The zero-order valence-corrected chi connectivity index (χ0v) is 18.2. The summed E-state index contributed by atoms with van der Waals surface area (Å²) in [4.78, 5) is 34.1. The van der Waals surface area contributed by atoms with Gasteiger partial charge in [0.1, 0.15) is 4.32 Å². The van der Waals surface area contributed by atoms with Crippen molar-refractivity contribution in [3.63, 3.8) is 0 Å². The zero-order valence-electron chi connectivity index (χ0n) is 16.6. The van der Waals surface area contributed by atoms with Crippen molar-refractivity contribution in [2.45, 2.75) is 31.7 Å². The van der Waals surface area contributed by atoms with E-state index in [2.05, 4.69) is 4.98 Å². The minimum Gasteiger partial charge on any atom is -0.336 e. The minimum absolute atomic E-state index is 0.0593. The quantitative estimate of drug-likeness (QED) is 0.512. The van der Waals surface area contributed by atoms with Gasteiger partial charge in [-0.3, -0.25) is 19.5 Å². The van der Waals surface area contributed by atoms with E-state index in [0.29, 0.717) is 15.8 Å². The SMILES string of the molecule is O=C1/C(=C\c2ccccc2)SC(=S)N1CCC(=O)N1CCCC[C@@H]1c1cccnc1. The Morgan fingerprint density at radius 3 is 2.80 bits per heavy atom. The largest absolute Gasteiger partial charge is 0.336 e. The molecule has 5 nitrogen and oxygen atoms in total. The minimum atomic E-state index is -0.121. The zero-order chi connectivity index (χ0) is 20.9. The molecule has 2 aliphatic heterocycles. The lowest BCUT2D eigenvalue weighted by molar-refractivity contribution is -0.135. The van der Waals surface area contributed by atoms with Gasteiger partial charge in [0.05, 0.1) is 10.9 Å². The second-order valence-electron chi connectivity index (χ2n) is 7.38. The molecule has 0 radical (unpaired) electrons. The van der Waals surface area contributed by atoms with Gasteiger partial charge in [0, 0.05) is 31.9 Å². The number of hydrogen-bond acceptors (Lipinski definition) is 5. The van der Waals surface area contributed by atoms with E-state index in [1.807, 2.05) is 59.6 Å². The Morgan fingerprint density at radius 1 is 1.20 bits per heavy atom. The first-order valence-electron chi connectivity index (χ1n) is 10.1. The number of carbonyl (C=O) groups excluding carboxylic acids is 2. The maximum absolute atomic E-state index is 13.0. The number of aromatic nitrogens is 1. The van der Waals surface area contributed by atoms with E-state index < -0.39 is 0 Å². The molecule has 2 saturated heterocycles. The molecule has 7 heteroatoms. The number of carbonyl (C=O) groups is 2. The van der Waals surface area contributed by atoms with Crippen LogP contribution < -0.4 is 0 Å². The normalized spacial score (nSPS) is 20.8. The van der Waals surface area contributed by atoms with E-state index in [1.54, 1.807) is 11.1 Å². The monoisotopic (exact) mass is 437 g/mol. The lowest BCUT2D eigenvalue weighted by Crippen LogP contribution is -2.40. The Morgan fingerprint density at radius 2 is 2.03 bits per heavy atom. The van der Waals surface area contributed by atoms with Crippen LogP contribution in [0.1, 0.15) is 42.9 Å². The Hall–Kier alpha value is -2.51. The maximum atomic E-state index is 13.0. The number of benzene rings is 1. The van der Waals surface area contributed by atoms with Crippen LogP contribution in [0.25, 0.3) is 6.08 Å². The highest BCUT2D eigenvalue weighted by Crippen LogP contribution is 2.34. The smallest absolute Gasteiger partial charge is 0.266 e. The van der Waals surface area contributed by atoms with Gasteiger partial charge in [0.25, 0.3) is 5.91 Å². The third-order valence-corrected chi connectivity index (χ3v) is 6.79. The first kappa shape index (κ1) is 20.8. The molecule has 0 spiro atoms. The molecular formula is C23H23N3O2S2. The van der Waals surface area contributed by atoms with Crippen LogP contribution in [0.15, 0.2) is 59.8 Å². The van der Waals surface area contributed by atoms with Crippen molar-refractivity contribution in [3.8, 4) is 0 Å². The molecular weight excluding hydrogens is 414 g/mol. The van der Waals surface area contributed by atoms with E-state index in [-0.39, 0.29) is 24.3 Å². The average Bonchev–Trinajstić information content (AvgIpc) is 3.05. The van der Waals surface area contributed by atoms with Gasteiger partial charge in [-0.2, -0.15) is 0 Å². The standard InChI is InChI=1S/C23H23N3O2S2/c27-21(25-13-5-4-10-19(25)18-9-6-12-24-16-18)11-14-26-22(28)20(30-23(26)29)15-17-7-2-1-3-8-17/h1-3,6-9,12,15-16,19H,4-5,10-11,13-14H2/b20-15+/t19-/m1/s1. The van der Waals surface area contributed by atoms with Crippen molar-refractivity contribution < 1.29 is 9.59 Å². The Balaban J connectivity index is 1.41. The molecule has 1 aromatic carbocycles. The number of hydrogen-bond donors (Lipinski definition) is 0. The third kappa shape index (κ3) is 4.63. The van der Waals surface area contributed by atoms with Crippen molar-refractivity contribution in [2.24, 2.45) is 0 Å². The first-order chi connectivity index (χ1) is 14.6. The second kappa shape index (κ2) is 9.53. The number of amides is 2. The van der Waals surface area contributed by atoms with Crippen LogP contribution in [0.4, 0.5) is 0 Å². The summed E-state index contributed by atoms with van der Waals surface area (Å²) in [6, 6.07) is 13.7. The fourth-order valence-corrected chi connectivity index (χ4v) is 5.20. The molecule has 2 fully saturated rings. The summed E-state index contributed by atoms with van der Waals surface area (Å²) in [5.74, 6) is -0.0613. The van der Waals surface area contributed by atoms with Crippen LogP contribution >= 0.6 is 24.0 Å². The third-order valence-electron chi connectivity index (χ3n) is 5.41. The molecule has 1 atom stereocenters. The van der Waals surface area contributed by atoms with Gasteiger partial charge in [-0.1, -0.05) is 60.4 Å². The summed E-state index contributed by atoms with van der Waals surface area (Å²) in [6.45, 7) is 1.05. The van der Waals surface area contributed by atoms with Gasteiger partial charge in [0.2, 0.25) is 5.91 Å². The number of likely N-dealkylation sites (tertiary alicyclic amines) is 1. The lowest BCUT2D eigenvalue weighted by atomic mass is 9.96. The van der Waals surface area contributed by atoms with Gasteiger partial charge in [-0.25, -0.2) is 0 Å². The first-order valence-corrected chi connectivity index (χ1v) is 11.4. The van der Waals surface area contributed by atoms with E-state index in [1.165, 1.54) is 11.8 Å². The highest BCUT2D eigenvalue weighted by atomic mass is 32.2. The highest BCUT2D eigenvalue weighted by Gasteiger charge is 2.34. The number of thiocarbonyl (C=S) groups is 1. The molecule has 0 N–H and O–H groups in total. The maximum Gasteiger partial charge on any atom is 0.266 e. The van der Waals surface area contributed by atoms with Crippen molar-refractivity contribution >= 4 is 46.2 Å². The van der Waals surface area contributed by atoms with Gasteiger partial charge in [-0.05, 0) is 42.5 Å². The molecule has 30 heavy (non-hydrogen) atoms. The number of nitrogens with zero attached hydrogens (tertiary/aromatic N) is 3. The predicted molar refractivity (Wildman–Crippen MR) is 123 cm³/mol. The fourth-order valence-electron chi connectivity index (χ4n) is 3.89. The van der Waals surface area contributed by atoms with Crippen molar-refractivity contribution in [1.29, 1.82) is 0 Å². The molecule has 2 aliphatic rings. The van der Waals surface area contributed by atoms with E-state index in [4.69, 9.17) is 12.2 Å². The van der Waals surface area contributed by atoms with Crippen LogP contribution in [0.3, 0.4) is 0 Å². The van der Waals surface area contributed by atoms with E-state index >= 15 is 0 Å². The molecule has 0 unspecified atom stereocenters. The molecule has 154 valence electrons. The average molecular weight is 438 g/mol. The van der Waals surface area contributed by atoms with E-state index in [9.17, 15) is 9.59 Å². The summed E-state index contributed by atoms with van der Waals surface area (Å²) < 4.78 is 0.512. The Labute approximate surface area is 186 Å². The molecule has 0 bridgehead atoms. The number of piperidine rings is 1. The van der Waals surface area contributed by atoms with Gasteiger partial charge in [-0.15, -0.1) is 0 Å². The van der Waals surface area contributed by atoms with Crippen LogP contribution in [0.2, 0.25) is 0 Å². The van der Waals surface area contributed by atoms with Crippen LogP contribution in [0.5, 0.6) is 0 Å². The Kier molecular flexibility index (Phi) is 6.59. The summed E-state index contributed by atoms with van der Waals surface area (Å²) in [5.41, 5.74) is 2.03. The van der Waals surface area contributed by atoms with Crippen LogP contribution in [-0.2, 0) is 9.59 Å².